The fourth-order valence-electron chi connectivity index (χ4n) is 4.69. The van der Waals surface area contributed by atoms with Crippen LogP contribution >= 0.6 is 0 Å². The van der Waals surface area contributed by atoms with Crippen molar-refractivity contribution in [1.82, 2.24) is 30.2 Å². The van der Waals surface area contributed by atoms with Crippen LogP contribution in [0, 0.1) is 0 Å². The first-order valence-electron chi connectivity index (χ1n) is 13.3. The van der Waals surface area contributed by atoms with Crippen molar-refractivity contribution in [3.05, 3.63) is 95.3 Å². The van der Waals surface area contributed by atoms with E-state index in [-0.39, 0.29) is 23.9 Å². The lowest BCUT2D eigenvalue weighted by Crippen LogP contribution is -2.24. The summed E-state index contributed by atoms with van der Waals surface area (Å²) in [6.07, 6.45) is 1.43. The minimum atomic E-state index is -1.37. The summed E-state index contributed by atoms with van der Waals surface area (Å²) >= 11 is 0. The molecule has 11 heteroatoms. The predicted octanol–water partition coefficient (Wildman–Crippen LogP) is 4.86. The highest BCUT2D eigenvalue weighted by Crippen LogP contribution is 2.31. The molecule has 1 aliphatic rings. The van der Waals surface area contributed by atoms with E-state index in [1.54, 1.807) is 20.8 Å². The number of nitrogens with zero attached hydrogens (tertiary/aromatic N) is 5. The standard InChI is InChI=1S/C30H32N6O5/c1-6-9-25-31-27(30(4,5)38)26(29(37)39-17-24-18(2)40-19(3)41-24)36(25)16-20-12-14-21(15-13-20)22-10-7-8-11-23(22)28-32-34-35-33-28/h7-8,10-15,38H,3,6,9,16-17H2,1-2,4-5H3,(H,32,33,34,35). The Labute approximate surface area is 237 Å². The summed E-state index contributed by atoms with van der Waals surface area (Å²) in [4.78, 5) is 18.2. The molecule has 0 radical (unpaired) electrons. The number of tetrazole rings is 1. The first-order chi connectivity index (χ1) is 19.7. The minimum absolute atomic E-state index is 0.129. The Kier molecular flexibility index (Phi) is 7.71. The van der Waals surface area contributed by atoms with Gasteiger partial charge in [-0.05, 0) is 60.9 Å². The molecule has 2 N–H and O–H groups in total. The number of allylic oxidation sites excluding steroid dienone is 1. The zero-order chi connectivity index (χ0) is 29.1. The predicted molar refractivity (Wildman–Crippen MR) is 150 cm³/mol. The van der Waals surface area contributed by atoms with Crippen LogP contribution in [0.15, 0.2) is 72.6 Å². The van der Waals surface area contributed by atoms with Crippen molar-refractivity contribution in [3.8, 4) is 22.5 Å². The zero-order valence-corrected chi connectivity index (χ0v) is 23.5. The molecule has 0 saturated heterocycles. The second-order valence-electron chi connectivity index (χ2n) is 10.2. The minimum Gasteiger partial charge on any atom is -0.453 e. The number of hydrogen-bond donors (Lipinski definition) is 2. The van der Waals surface area contributed by atoms with Crippen molar-refractivity contribution in [2.24, 2.45) is 0 Å². The van der Waals surface area contributed by atoms with E-state index in [1.807, 2.05) is 60.0 Å². The van der Waals surface area contributed by atoms with E-state index in [0.29, 0.717) is 36.1 Å². The molecule has 0 spiro atoms. The van der Waals surface area contributed by atoms with E-state index in [1.165, 1.54) is 0 Å². The number of hydrogen-bond acceptors (Lipinski definition) is 9. The van der Waals surface area contributed by atoms with Gasteiger partial charge in [0.2, 0.25) is 0 Å². The van der Waals surface area contributed by atoms with Gasteiger partial charge in [-0.3, -0.25) is 0 Å². The second kappa shape index (κ2) is 11.4. The van der Waals surface area contributed by atoms with Crippen molar-refractivity contribution in [2.75, 3.05) is 6.61 Å². The van der Waals surface area contributed by atoms with Crippen LogP contribution in [0.2, 0.25) is 0 Å². The highest BCUT2D eigenvalue weighted by atomic mass is 16.7. The molecule has 41 heavy (non-hydrogen) atoms. The maximum absolute atomic E-state index is 13.5. The summed E-state index contributed by atoms with van der Waals surface area (Å²) in [5.41, 5.74) is 2.88. The lowest BCUT2D eigenvalue weighted by atomic mass is 9.98. The third kappa shape index (κ3) is 5.90. The van der Waals surface area contributed by atoms with Gasteiger partial charge < -0.3 is 23.9 Å². The van der Waals surface area contributed by atoms with Gasteiger partial charge in [-0.1, -0.05) is 55.5 Å². The summed E-state index contributed by atoms with van der Waals surface area (Å²) < 4.78 is 18.2. The van der Waals surface area contributed by atoms with Gasteiger partial charge in [0, 0.05) is 18.5 Å². The molecule has 0 aliphatic carbocycles. The van der Waals surface area contributed by atoms with Gasteiger partial charge in [-0.2, -0.15) is 0 Å². The lowest BCUT2D eigenvalue weighted by Gasteiger charge is -2.18. The van der Waals surface area contributed by atoms with Gasteiger partial charge in [0.1, 0.15) is 22.9 Å². The molecule has 0 saturated carbocycles. The molecule has 0 fully saturated rings. The number of imidazole rings is 1. The van der Waals surface area contributed by atoms with Crippen LogP contribution in [0.3, 0.4) is 0 Å². The molecule has 2 aromatic carbocycles. The van der Waals surface area contributed by atoms with Crippen LogP contribution in [0.1, 0.15) is 61.7 Å². The molecule has 0 bridgehead atoms. The molecule has 212 valence electrons. The van der Waals surface area contributed by atoms with Gasteiger partial charge in [-0.15, -0.1) is 5.10 Å². The maximum atomic E-state index is 13.5. The summed E-state index contributed by atoms with van der Waals surface area (Å²) in [5.74, 6) is 1.62. The van der Waals surface area contributed by atoms with E-state index in [2.05, 4.69) is 27.2 Å². The van der Waals surface area contributed by atoms with E-state index in [4.69, 9.17) is 19.2 Å². The average molecular weight is 557 g/mol. The van der Waals surface area contributed by atoms with Gasteiger partial charge >= 0.3 is 5.97 Å². The molecule has 11 nitrogen and oxygen atoms in total. The summed E-state index contributed by atoms with van der Waals surface area (Å²) in [6.45, 7) is 10.8. The number of ether oxygens (including phenoxy) is 3. The van der Waals surface area contributed by atoms with Crippen molar-refractivity contribution in [2.45, 2.75) is 52.7 Å². The van der Waals surface area contributed by atoms with Gasteiger partial charge in [-0.25, -0.2) is 14.9 Å². The van der Waals surface area contributed by atoms with Crippen molar-refractivity contribution < 1.29 is 24.1 Å². The first kappa shape index (κ1) is 27.8. The Hall–Kier alpha value is -4.77. The molecule has 5 rings (SSSR count). The number of benzene rings is 2. The lowest BCUT2D eigenvalue weighted by molar-refractivity contribution is 0.0436. The van der Waals surface area contributed by atoms with Crippen LogP contribution in [0.25, 0.3) is 22.5 Å². The highest BCUT2D eigenvalue weighted by Gasteiger charge is 2.33. The number of H-pyrrole nitrogens is 1. The van der Waals surface area contributed by atoms with Crippen LogP contribution in [0.5, 0.6) is 0 Å². The summed E-state index contributed by atoms with van der Waals surface area (Å²) in [6, 6.07) is 15.9. The SMILES string of the molecule is C=C1OC(C)=C(COC(=O)c2c(C(C)(C)O)nc(CCC)n2Cc2ccc(-c3ccccc3-c3nnn[nH]3)cc2)O1. The van der Waals surface area contributed by atoms with E-state index >= 15 is 0 Å². The Morgan fingerprint density at radius 1 is 1.12 bits per heavy atom. The van der Waals surface area contributed by atoms with E-state index in [9.17, 15) is 9.90 Å². The maximum Gasteiger partial charge on any atom is 0.357 e. The molecule has 3 heterocycles. The number of aromatic amines is 1. The smallest absolute Gasteiger partial charge is 0.357 e. The molecular weight excluding hydrogens is 524 g/mol. The molecule has 0 amide bonds. The third-order valence-electron chi connectivity index (χ3n) is 6.66. The fraction of sp³-hybridized carbons (Fsp3) is 0.300. The zero-order valence-electron chi connectivity index (χ0n) is 23.5. The van der Waals surface area contributed by atoms with Crippen molar-refractivity contribution in [3.63, 3.8) is 0 Å². The van der Waals surface area contributed by atoms with Crippen LogP contribution in [-0.4, -0.2) is 47.9 Å². The van der Waals surface area contributed by atoms with Crippen LogP contribution in [-0.2, 0) is 32.8 Å². The molecule has 2 aromatic heterocycles. The Morgan fingerprint density at radius 3 is 2.46 bits per heavy atom. The normalized spacial score (nSPS) is 13.3. The van der Waals surface area contributed by atoms with Crippen molar-refractivity contribution >= 4 is 5.97 Å². The Morgan fingerprint density at radius 2 is 1.85 bits per heavy atom. The third-order valence-corrected chi connectivity index (χ3v) is 6.66. The van der Waals surface area contributed by atoms with E-state index < -0.39 is 11.6 Å². The van der Waals surface area contributed by atoms with Gasteiger partial charge in [0.15, 0.2) is 23.9 Å². The molecule has 4 aromatic rings. The number of esters is 1. The number of aliphatic hydroxyl groups is 1. The average Bonchev–Trinajstić information content (AvgIpc) is 3.67. The number of aryl methyl sites for hydroxylation is 1. The largest absolute Gasteiger partial charge is 0.453 e. The number of nitrogens with one attached hydrogen (secondary N) is 1. The second-order valence-corrected chi connectivity index (χ2v) is 10.2. The Bertz CT molecular complexity index is 1600. The number of carbonyl (C=O) groups excluding carboxylic acids is 1. The molecule has 1 aliphatic heterocycles. The number of carbonyl (C=O) groups is 1. The topological polar surface area (TPSA) is 137 Å². The molecule has 0 atom stereocenters. The molecular formula is C30H32N6O5. The number of rotatable bonds is 10. The summed E-state index contributed by atoms with van der Waals surface area (Å²) in [7, 11) is 0. The van der Waals surface area contributed by atoms with Crippen LogP contribution in [0.4, 0.5) is 0 Å². The Balaban J connectivity index is 1.47. The van der Waals surface area contributed by atoms with Gasteiger partial charge in [0.25, 0.3) is 5.95 Å². The quantitative estimate of drug-likeness (QED) is 0.262. The monoisotopic (exact) mass is 556 g/mol. The molecule has 0 unspecified atom stereocenters. The summed E-state index contributed by atoms with van der Waals surface area (Å²) in [5, 5.41) is 25.2. The van der Waals surface area contributed by atoms with E-state index in [0.717, 1.165) is 28.7 Å². The number of aromatic nitrogens is 6. The highest BCUT2D eigenvalue weighted by molar-refractivity contribution is 5.89. The van der Waals surface area contributed by atoms with Crippen LogP contribution < -0.4 is 0 Å². The fourth-order valence-corrected chi connectivity index (χ4v) is 4.69. The van der Waals surface area contributed by atoms with Crippen molar-refractivity contribution in [1.29, 1.82) is 0 Å². The van der Waals surface area contributed by atoms with Gasteiger partial charge in [0.05, 0.1) is 0 Å². The first-order valence-corrected chi connectivity index (χ1v) is 13.3.